The predicted octanol–water partition coefficient (Wildman–Crippen LogP) is 9.09. The Balaban J connectivity index is 0.000000199. The number of carbonyl (C=O) groups excluding carboxylic acids is 2. The summed E-state index contributed by atoms with van der Waals surface area (Å²) in [6, 6.07) is 24.5. The van der Waals surface area contributed by atoms with E-state index < -0.39 is 22.1 Å². The van der Waals surface area contributed by atoms with Gasteiger partial charge in [-0.15, -0.1) is 0 Å². The van der Waals surface area contributed by atoms with Crippen LogP contribution < -0.4 is 14.5 Å². The molecule has 2 fully saturated rings. The van der Waals surface area contributed by atoms with Gasteiger partial charge in [0.05, 0.1) is 39.8 Å². The summed E-state index contributed by atoms with van der Waals surface area (Å²) in [7, 11) is 1.59. The van der Waals surface area contributed by atoms with Crippen LogP contribution in [0.1, 0.15) is 51.9 Å². The quantitative estimate of drug-likeness (QED) is 0.117. The maximum atomic E-state index is 12.5. The summed E-state index contributed by atoms with van der Waals surface area (Å²) in [5.74, 6) is 1.71. The number of aromatic nitrogens is 4. The number of benzene rings is 4. The molecule has 0 bridgehead atoms. The van der Waals surface area contributed by atoms with Gasteiger partial charge in [0, 0.05) is 73.7 Å². The van der Waals surface area contributed by atoms with Gasteiger partial charge < -0.3 is 38.9 Å². The molecule has 4 aromatic carbocycles. The summed E-state index contributed by atoms with van der Waals surface area (Å²) in [6.07, 6.45) is -0.680. The highest BCUT2D eigenvalue weighted by atomic mass is 79.9. The maximum absolute atomic E-state index is 12.5. The molecule has 0 aliphatic carbocycles. The van der Waals surface area contributed by atoms with Crippen molar-refractivity contribution in [3.63, 3.8) is 0 Å². The van der Waals surface area contributed by atoms with E-state index in [0.29, 0.717) is 103 Å². The number of rotatable bonds is 7. The van der Waals surface area contributed by atoms with Crippen LogP contribution in [0.2, 0.25) is 0 Å². The lowest BCUT2D eigenvalue weighted by atomic mass is 10.1. The standard InChI is InChI=1S/C25H28N4O5.C23H24BrN5O4/c1-25(2,3)34-24(32)29-13-11-28(12-14-29)22-18-15-16(23(30)31)9-10-19(18)26-21(27-22)17-7-5-6-8-20(17)33-4;1-23(2,3)33-22(30)28-12-10-27(11-13-28)21-17-14-15(24)8-9-18(17)25-20(26-21)16-6-4-5-7-19(16)29(31)32/h5-10,15H,11-14H2,1-4H3,(H,30,31);4-9,14H,10-13H2,1-3H3. The summed E-state index contributed by atoms with van der Waals surface area (Å²) in [5, 5.41) is 22.6. The normalized spacial score (nSPS) is 14.3. The second kappa shape index (κ2) is 19.8. The number of nitro groups is 1. The Morgan fingerprint density at radius 2 is 1.10 bits per heavy atom. The number of fused-ring (bicyclic) bond motifs is 2. The third-order valence-electron chi connectivity index (χ3n) is 10.7. The molecular weight excluding hydrogens is 926 g/mol. The van der Waals surface area contributed by atoms with Crippen LogP contribution in [-0.2, 0) is 9.47 Å². The monoisotopic (exact) mass is 977 g/mol. The number of aromatic carboxylic acids is 1. The average molecular weight is 979 g/mol. The van der Waals surface area contributed by atoms with Gasteiger partial charge in [-0.2, -0.15) is 0 Å². The van der Waals surface area contributed by atoms with Crippen LogP contribution in [0.5, 0.6) is 5.75 Å². The molecule has 2 amide bonds. The van der Waals surface area contributed by atoms with Crippen molar-refractivity contribution in [2.75, 3.05) is 69.3 Å². The van der Waals surface area contributed by atoms with Crippen LogP contribution in [0, 0.1) is 10.1 Å². The van der Waals surface area contributed by atoms with Crippen LogP contribution in [-0.4, -0.2) is 129 Å². The van der Waals surface area contributed by atoms with Gasteiger partial charge in [-0.25, -0.2) is 34.3 Å². The number of para-hydroxylation sites is 2. The first kappa shape index (κ1) is 47.8. The minimum Gasteiger partial charge on any atom is -0.496 e. The molecule has 0 radical (unpaired) electrons. The molecule has 8 rings (SSSR count). The van der Waals surface area contributed by atoms with Gasteiger partial charge >= 0.3 is 18.2 Å². The molecule has 0 spiro atoms. The van der Waals surface area contributed by atoms with Crippen LogP contribution in [0.25, 0.3) is 44.6 Å². The molecule has 19 heteroatoms. The van der Waals surface area contributed by atoms with Crippen LogP contribution in [0.4, 0.5) is 26.9 Å². The van der Waals surface area contributed by atoms with Crippen LogP contribution in [0.3, 0.4) is 0 Å². The van der Waals surface area contributed by atoms with E-state index in [1.807, 2.05) is 84.0 Å². The van der Waals surface area contributed by atoms with E-state index in [9.17, 15) is 29.6 Å². The van der Waals surface area contributed by atoms with E-state index in [0.717, 1.165) is 15.4 Å². The summed E-state index contributed by atoms with van der Waals surface area (Å²) in [6.45, 7) is 15.1. The van der Waals surface area contributed by atoms with Gasteiger partial charge in [0.2, 0.25) is 0 Å². The van der Waals surface area contributed by atoms with Gasteiger partial charge in [-0.05, 0) is 96.1 Å². The zero-order chi connectivity index (χ0) is 48.2. The smallest absolute Gasteiger partial charge is 0.410 e. The topological polar surface area (TPSA) is 207 Å². The lowest BCUT2D eigenvalue weighted by molar-refractivity contribution is -0.384. The highest BCUT2D eigenvalue weighted by Gasteiger charge is 2.30. The Morgan fingerprint density at radius 3 is 1.60 bits per heavy atom. The van der Waals surface area contributed by atoms with E-state index in [-0.39, 0.29) is 23.4 Å². The molecular formula is C48H52BrN9O9. The Hall–Kier alpha value is -7.15. The predicted molar refractivity (Wildman–Crippen MR) is 258 cm³/mol. The van der Waals surface area contributed by atoms with Gasteiger partial charge in [-0.1, -0.05) is 40.2 Å². The number of hydrogen-bond donors (Lipinski definition) is 1. The van der Waals surface area contributed by atoms with Crippen molar-refractivity contribution in [3.8, 4) is 28.5 Å². The molecule has 67 heavy (non-hydrogen) atoms. The highest BCUT2D eigenvalue weighted by molar-refractivity contribution is 9.10. The van der Waals surface area contributed by atoms with E-state index in [4.69, 9.17) is 29.2 Å². The fraction of sp³-hybridized carbons (Fsp3) is 0.354. The zero-order valence-electron chi connectivity index (χ0n) is 38.4. The minimum atomic E-state index is -1.02. The number of anilines is 2. The lowest BCUT2D eigenvalue weighted by Crippen LogP contribution is -2.50. The number of methoxy groups -OCH3 is 1. The molecule has 18 nitrogen and oxygen atoms in total. The number of hydrogen-bond acceptors (Lipinski definition) is 14. The zero-order valence-corrected chi connectivity index (χ0v) is 39.9. The molecule has 0 saturated carbocycles. The summed E-state index contributed by atoms with van der Waals surface area (Å²) in [4.78, 5) is 74.1. The molecule has 350 valence electrons. The number of amides is 2. The third-order valence-corrected chi connectivity index (χ3v) is 11.2. The molecule has 2 aliphatic heterocycles. The van der Waals surface area contributed by atoms with E-state index in [1.54, 1.807) is 47.2 Å². The molecule has 1 N–H and O–H groups in total. The summed E-state index contributed by atoms with van der Waals surface area (Å²) >= 11 is 3.51. The second-order valence-corrected chi connectivity index (χ2v) is 18.7. The fourth-order valence-electron chi connectivity index (χ4n) is 7.56. The van der Waals surface area contributed by atoms with E-state index >= 15 is 0 Å². The van der Waals surface area contributed by atoms with Crippen molar-refractivity contribution in [3.05, 3.63) is 105 Å². The molecule has 6 aromatic rings. The first-order chi connectivity index (χ1) is 31.8. The van der Waals surface area contributed by atoms with Crippen molar-refractivity contribution in [2.24, 2.45) is 0 Å². The highest BCUT2D eigenvalue weighted by Crippen LogP contribution is 2.35. The van der Waals surface area contributed by atoms with Crippen molar-refractivity contribution in [1.29, 1.82) is 0 Å². The number of piperazine rings is 2. The van der Waals surface area contributed by atoms with Crippen LogP contribution in [0.15, 0.2) is 89.4 Å². The molecule has 2 aromatic heterocycles. The fourth-order valence-corrected chi connectivity index (χ4v) is 7.92. The molecule has 2 aliphatic rings. The number of carboxylic acids is 1. The summed E-state index contributed by atoms with van der Waals surface area (Å²) in [5.41, 5.74) is 1.42. The summed E-state index contributed by atoms with van der Waals surface area (Å²) < 4.78 is 17.4. The minimum absolute atomic E-state index is 0.0466. The number of ether oxygens (including phenoxy) is 3. The molecule has 0 unspecified atom stereocenters. The number of nitrogens with zero attached hydrogens (tertiary/aromatic N) is 9. The van der Waals surface area contributed by atoms with Gasteiger partial charge in [0.1, 0.15) is 28.6 Å². The van der Waals surface area contributed by atoms with Gasteiger partial charge in [-0.3, -0.25) is 10.1 Å². The number of carboxylic acid groups (broad SMARTS) is 1. The van der Waals surface area contributed by atoms with E-state index in [2.05, 4.69) is 30.7 Å². The second-order valence-electron chi connectivity index (χ2n) is 17.8. The Labute approximate surface area is 395 Å². The Bertz CT molecular complexity index is 2830. The van der Waals surface area contributed by atoms with Crippen molar-refractivity contribution in [2.45, 2.75) is 52.7 Å². The van der Waals surface area contributed by atoms with Crippen LogP contribution >= 0.6 is 15.9 Å². The Kier molecular flexibility index (Phi) is 14.1. The SMILES string of the molecule is CC(C)(C)OC(=O)N1CCN(c2nc(-c3ccccc3[N+](=O)[O-])nc3ccc(Br)cc23)CC1.COc1ccccc1-c1nc(N2CCN(C(=O)OC(C)(C)C)CC2)c2cc(C(=O)O)ccc2n1. The largest absolute Gasteiger partial charge is 0.496 e. The van der Waals surface area contributed by atoms with Gasteiger partial charge in [0.15, 0.2) is 11.6 Å². The molecule has 0 atom stereocenters. The number of nitro benzene ring substituents is 1. The molecule has 4 heterocycles. The maximum Gasteiger partial charge on any atom is 0.410 e. The lowest BCUT2D eigenvalue weighted by Gasteiger charge is -2.36. The average Bonchev–Trinajstić information content (AvgIpc) is 3.29. The number of carbonyl (C=O) groups is 3. The molecule has 2 saturated heterocycles. The Morgan fingerprint density at radius 1 is 0.642 bits per heavy atom. The number of halogens is 1. The van der Waals surface area contributed by atoms with Gasteiger partial charge in [0.25, 0.3) is 5.69 Å². The van der Waals surface area contributed by atoms with Crippen molar-refractivity contribution >= 4 is 73.2 Å². The first-order valence-electron chi connectivity index (χ1n) is 21.6. The van der Waals surface area contributed by atoms with Crippen molar-refractivity contribution in [1.82, 2.24) is 29.7 Å². The first-order valence-corrected chi connectivity index (χ1v) is 22.4. The third kappa shape index (κ3) is 11.5. The van der Waals surface area contributed by atoms with Crippen molar-refractivity contribution < 1.29 is 38.6 Å². The van der Waals surface area contributed by atoms with E-state index in [1.165, 1.54) is 12.1 Å².